The quantitative estimate of drug-likeness (QED) is 0.748. The van der Waals surface area contributed by atoms with E-state index in [1.165, 1.54) is 9.35 Å². The number of halogens is 1. The summed E-state index contributed by atoms with van der Waals surface area (Å²) in [4.78, 5) is 3.58. The van der Waals surface area contributed by atoms with Crippen LogP contribution >= 0.6 is 27.3 Å². The van der Waals surface area contributed by atoms with Crippen LogP contribution in [0, 0.1) is 0 Å². The van der Waals surface area contributed by atoms with Gasteiger partial charge in [-0.15, -0.1) is 11.3 Å². The largest absolute Gasteiger partial charge is 0.493 e. The van der Waals surface area contributed by atoms with Gasteiger partial charge < -0.3 is 9.47 Å². The zero-order chi connectivity index (χ0) is 14.4. The van der Waals surface area contributed by atoms with Gasteiger partial charge in [0.2, 0.25) is 0 Å². The number of nitrogens with zero attached hydrogens (tertiary/aromatic N) is 1. The Hall–Kier alpha value is -1.04. The molecule has 3 nitrogen and oxygen atoms in total. The summed E-state index contributed by atoms with van der Waals surface area (Å²) in [5.41, 5.74) is 0. The monoisotopic (exact) mass is 355 g/mol. The summed E-state index contributed by atoms with van der Waals surface area (Å²) in [6.45, 7) is 2.43. The lowest BCUT2D eigenvalue weighted by Crippen LogP contribution is -2.23. The Kier molecular flexibility index (Phi) is 5.88. The van der Waals surface area contributed by atoms with E-state index in [1.807, 2.05) is 24.3 Å². The summed E-state index contributed by atoms with van der Waals surface area (Å²) in [6.07, 6.45) is 0. The van der Waals surface area contributed by atoms with Crippen LogP contribution in [0.2, 0.25) is 0 Å². The van der Waals surface area contributed by atoms with E-state index in [2.05, 4.69) is 39.3 Å². The lowest BCUT2D eigenvalue weighted by atomic mass is 10.3. The molecule has 5 heteroatoms. The SMILES string of the molecule is COc1ccccc1OCCN(C)Cc1sccc1Br. The summed E-state index contributed by atoms with van der Waals surface area (Å²) in [7, 11) is 3.75. The lowest BCUT2D eigenvalue weighted by Gasteiger charge is -2.17. The number of methoxy groups -OCH3 is 1. The van der Waals surface area contributed by atoms with Crippen LogP contribution in [0.25, 0.3) is 0 Å². The Bertz CT molecular complexity index is 544. The molecule has 0 aliphatic heterocycles. The molecule has 0 amide bonds. The molecule has 0 unspecified atom stereocenters. The zero-order valence-electron chi connectivity index (χ0n) is 11.6. The first kappa shape index (κ1) is 15.4. The van der Waals surface area contributed by atoms with E-state index in [0.717, 1.165) is 24.6 Å². The molecule has 0 bridgehead atoms. The maximum atomic E-state index is 5.77. The van der Waals surface area contributed by atoms with Crippen molar-refractivity contribution in [3.8, 4) is 11.5 Å². The molecular formula is C15H18BrNO2S. The second-order valence-corrected chi connectivity index (χ2v) is 6.28. The van der Waals surface area contributed by atoms with E-state index in [9.17, 15) is 0 Å². The number of rotatable bonds is 7. The summed E-state index contributed by atoms with van der Waals surface area (Å²) in [5, 5.41) is 2.10. The Labute approximate surface area is 132 Å². The first-order valence-corrected chi connectivity index (χ1v) is 8.04. The number of likely N-dealkylation sites (N-methyl/N-ethyl adjacent to an activating group) is 1. The van der Waals surface area contributed by atoms with Gasteiger partial charge in [0.25, 0.3) is 0 Å². The number of ether oxygens (including phenoxy) is 2. The van der Waals surface area contributed by atoms with Crippen LogP contribution in [0.5, 0.6) is 11.5 Å². The number of thiophene rings is 1. The Morgan fingerprint density at radius 3 is 2.60 bits per heavy atom. The van der Waals surface area contributed by atoms with Gasteiger partial charge in [0.15, 0.2) is 11.5 Å². The zero-order valence-corrected chi connectivity index (χ0v) is 14.0. The predicted octanol–water partition coefficient (Wildman–Crippen LogP) is 4.03. The molecular weight excluding hydrogens is 338 g/mol. The fourth-order valence-electron chi connectivity index (χ4n) is 1.81. The molecule has 108 valence electrons. The van der Waals surface area contributed by atoms with Crippen LogP contribution in [0.4, 0.5) is 0 Å². The highest BCUT2D eigenvalue weighted by molar-refractivity contribution is 9.10. The highest BCUT2D eigenvalue weighted by Crippen LogP contribution is 2.26. The van der Waals surface area contributed by atoms with Gasteiger partial charge in [0.1, 0.15) is 6.61 Å². The number of hydrogen-bond donors (Lipinski definition) is 0. The molecule has 0 atom stereocenters. The van der Waals surface area contributed by atoms with Crippen molar-refractivity contribution >= 4 is 27.3 Å². The van der Waals surface area contributed by atoms with E-state index in [0.29, 0.717) is 6.61 Å². The first-order chi connectivity index (χ1) is 9.70. The fraction of sp³-hybridized carbons (Fsp3) is 0.333. The van der Waals surface area contributed by atoms with Crippen molar-refractivity contribution in [2.75, 3.05) is 27.3 Å². The first-order valence-electron chi connectivity index (χ1n) is 6.37. The number of para-hydroxylation sites is 2. The normalized spacial score (nSPS) is 10.8. The molecule has 0 radical (unpaired) electrons. The minimum Gasteiger partial charge on any atom is -0.493 e. The topological polar surface area (TPSA) is 21.7 Å². The molecule has 0 saturated carbocycles. The number of benzene rings is 1. The highest BCUT2D eigenvalue weighted by atomic mass is 79.9. The second-order valence-electron chi connectivity index (χ2n) is 4.43. The van der Waals surface area contributed by atoms with Gasteiger partial charge in [-0.3, -0.25) is 4.90 Å². The molecule has 2 aromatic rings. The van der Waals surface area contributed by atoms with Gasteiger partial charge in [-0.1, -0.05) is 12.1 Å². The molecule has 2 rings (SSSR count). The van der Waals surface area contributed by atoms with E-state index < -0.39 is 0 Å². The summed E-state index contributed by atoms with van der Waals surface area (Å²) < 4.78 is 12.2. The van der Waals surface area contributed by atoms with Crippen molar-refractivity contribution in [3.05, 3.63) is 45.1 Å². The van der Waals surface area contributed by atoms with Gasteiger partial charge in [0, 0.05) is 22.4 Å². The minimum atomic E-state index is 0.639. The van der Waals surface area contributed by atoms with Gasteiger partial charge in [0.05, 0.1) is 7.11 Å². The van der Waals surface area contributed by atoms with Crippen LogP contribution in [-0.2, 0) is 6.54 Å². The van der Waals surface area contributed by atoms with Crippen LogP contribution in [0.3, 0.4) is 0 Å². The van der Waals surface area contributed by atoms with E-state index in [-0.39, 0.29) is 0 Å². The van der Waals surface area contributed by atoms with E-state index >= 15 is 0 Å². The van der Waals surface area contributed by atoms with Gasteiger partial charge in [-0.05, 0) is 46.6 Å². The average Bonchev–Trinajstić information content (AvgIpc) is 2.85. The molecule has 0 N–H and O–H groups in total. The summed E-state index contributed by atoms with van der Waals surface area (Å²) in [5.74, 6) is 1.57. The van der Waals surface area contributed by atoms with Crippen molar-refractivity contribution in [1.29, 1.82) is 0 Å². The molecule has 1 aromatic heterocycles. The molecule has 20 heavy (non-hydrogen) atoms. The predicted molar refractivity (Wildman–Crippen MR) is 86.8 cm³/mol. The van der Waals surface area contributed by atoms with Gasteiger partial charge >= 0.3 is 0 Å². The Morgan fingerprint density at radius 2 is 1.95 bits per heavy atom. The smallest absolute Gasteiger partial charge is 0.161 e. The van der Waals surface area contributed by atoms with E-state index in [1.54, 1.807) is 18.4 Å². The molecule has 0 aliphatic carbocycles. The van der Waals surface area contributed by atoms with Crippen molar-refractivity contribution < 1.29 is 9.47 Å². The van der Waals surface area contributed by atoms with Crippen LogP contribution in [0.1, 0.15) is 4.88 Å². The molecule has 0 spiro atoms. The standard InChI is InChI=1S/C15H18BrNO2S/c1-17(11-15-12(16)7-10-20-15)8-9-19-14-6-4-3-5-13(14)18-2/h3-7,10H,8-9,11H2,1-2H3. The third kappa shape index (κ3) is 4.23. The average molecular weight is 356 g/mol. The Morgan fingerprint density at radius 1 is 1.20 bits per heavy atom. The molecule has 0 aliphatic rings. The van der Waals surface area contributed by atoms with Gasteiger partial charge in [-0.2, -0.15) is 0 Å². The highest BCUT2D eigenvalue weighted by Gasteiger charge is 2.07. The van der Waals surface area contributed by atoms with E-state index in [4.69, 9.17) is 9.47 Å². The van der Waals surface area contributed by atoms with Crippen molar-refractivity contribution in [2.24, 2.45) is 0 Å². The summed E-state index contributed by atoms with van der Waals surface area (Å²) >= 11 is 5.32. The lowest BCUT2D eigenvalue weighted by molar-refractivity contribution is 0.227. The van der Waals surface area contributed by atoms with Crippen LogP contribution < -0.4 is 9.47 Å². The van der Waals surface area contributed by atoms with Crippen molar-refractivity contribution in [1.82, 2.24) is 4.90 Å². The third-order valence-electron chi connectivity index (χ3n) is 2.90. The van der Waals surface area contributed by atoms with Gasteiger partial charge in [-0.25, -0.2) is 0 Å². The van der Waals surface area contributed by atoms with Crippen LogP contribution in [0.15, 0.2) is 40.2 Å². The maximum absolute atomic E-state index is 5.77. The number of hydrogen-bond acceptors (Lipinski definition) is 4. The molecule has 0 saturated heterocycles. The minimum absolute atomic E-state index is 0.639. The van der Waals surface area contributed by atoms with Crippen molar-refractivity contribution in [3.63, 3.8) is 0 Å². The summed E-state index contributed by atoms with van der Waals surface area (Å²) in [6, 6.07) is 9.80. The maximum Gasteiger partial charge on any atom is 0.161 e. The van der Waals surface area contributed by atoms with Crippen LogP contribution in [-0.4, -0.2) is 32.2 Å². The second kappa shape index (κ2) is 7.67. The van der Waals surface area contributed by atoms with Crippen molar-refractivity contribution in [2.45, 2.75) is 6.54 Å². The third-order valence-corrected chi connectivity index (χ3v) is 4.82. The molecule has 0 fully saturated rings. The fourth-order valence-corrected chi connectivity index (χ4v) is 3.37. The Balaban J connectivity index is 1.79. The molecule has 1 heterocycles. The molecule has 1 aromatic carbocycles.